The fourth-order valence-corrected chi connectivity index (χ4v) is 7.45. The van der Waals surface area contributed by atoms with Crippen molar-refractivity contribution >= 4 is 93.7 Å². The number of pyridine rings is 4. The fraction of sp³-hybridized carbons (Fsp3) is 0.462. The van der Waals surface area contributed by atoms with E-state index in [0.29, 0.717) is 35.7 Å². The van der Waals surface area contributed by atoms with Gasteiger partial charge in [-0.3, -0.25) is 0 Å². The van der Waals surface area contributed by atoms with Crippen molar-refractivity contribution in [2.75, 3.05) is 81.8 Å². The Labute approximate surface area is 455 Å². The molecule has 0 fully saturated rings. The van der Waals surface area contributed by atoms with Gasteiger partial charge in [0.1, 0.15) is 23.3 Å². The zero-order chi connectivity index (χ0) is 52.4. The van der Waals surface area contributed by atoms with E-state index in [1.165, 1.54) is 10.3 Å². The number of isothiocyanates is 2. The van der Waals surface area contributed by atoms with Crippen LogP contribution in [0.5, 0.6) is 0 Å². The Hall–Kier alpha value is -6.46. The molecule has 6 rings (SSSR count). The minimum atomic E-state index is 0. The van der Waals surface area contributed by atoms with E-state index in [9.17, 15) is 0 Å². The van der Waals surface area contributed by atoms with Gasteiger partial charge in [-0.25, -0.2) is 29.7 Å². The van der Waals surface area contributed by atoms with Gasteiger partial charge in [0.2, 0.25) is 35.7 Å². The molecule has 6 aromatic rings. The molecule has 0 amide bonds. The summed E-state index contributed by atoms with van der Waals surface area (Å²) in [5.74, 6) is 6.73. The van der Waals surface area contributed by atoms with Crippen LogP contribution < -0.4 is 29.4 Å². The van der Waals surface area contributed by atoms with Crippen LogP contribution in [0.4, 0.5) is 59.0 Å². The number of rotatable bonds is 26. The van der Waals surface area contributed by atoms with E-state index < -0.39 is 0 Å². The second-order valence-corrected chi connectivity index (χ2v) is 16.4. The van der Waals surface area contributed by atoms with E-state index >= 15 is 0 Å². The van der Waals surface area contributed by atoms with Crippen molar-refractivity contribution in [1.29, 1.82) is 0 Å². The van der Waals surface area contributed by atoms with E-state index in [4.69, 9.17) is 40.7 Å². The van der Waals surface area contributed by atoms with Gasteiger partial charge in [0.15, 0.2) is 0 Å². The molecule has 0 N–H and O–H groups in total. The summed E-state index contributed by atoms with van der Waals surface area (Å²) in [7, 11) is 0. The van der Waals surface area contributed by atoms with Gasteiger partial charge in [0.25, 0.3) is 0 Å². The third-order valence-corrected chi connectivity index (χ3v) is 10.2. The number of hydrogen-bond donors (Lipinski definition) is 0. The molecule has 390 valence electrons. The van der Waals surface area contributed by atoms with Crippen LogP contribution in [0.25, 0.3) is 10.8 Å². The molecule has 0 aromatic carbocycles. The number of aromatic nitrogens is 10. The molecular formula is C52H72FeN18S2. The number of hydrogen-bond acceptors (Lipinski definition) is 18. The van der Waals surface area contributed by atoms with Gasteiger partial charge in [-0.15, -0.1) is 0 Å². The van der Waals surface area contributed by atoms with Crippen molar-refractivity contribution in [3.63, 3.8) is 0 Å². The largest absolute Gasteiger partial charge is 2.00 e. The number of nitrogens with zero attached hydrogens (tertiary/aromatic N) is 18. The van der Waals surface area contributed by atoms with Gasteiger partial charge in [-0.1, -0.05) is 104 Å². The van der Waals surface area contributed by atoms with E-state index in [2.05, 4.69) is 119 Å². The Morgan fingerprint density at radius 1 is 0.342 bits per heavy atom. The molecule has 0 atom stereocenters. The second-order valence-electron chi connectivity index (χ2n) is 16.0. The molecule has 18 nitrogen and oxygen atoms in total. The van der Waals surface area contributed by atoms with Gasteiger partial charge in [0, 0.05) is 77.1 Å². The molecule has 0 unspecified atom stereocenters. The number of anilines is 10. The molecule has 0 aliphatic heterocycles. The molecule has 0 saturated heterocycles. The summed E-state index contributed by atoms with van der Waals surface area (Å²) in [4.78, 5) is 60.8. The molecule has 0 radical (unpaired) electrons. The van der Waals surface area contributed by atoms with E-state index in [0.717, 1.165) is 127 Å². The minimum absolute atomic E-state index is 0. The Bertz CT molecular complexity index is 2090. The quantitative estimate of drug-likeness (QED) is 0.0282. The van der Waals surface area contributed by atoms with Crippen LogP contribution in [-0.2, 0) is 17.1 Å². The first-order chi connectivity index (χ1) is 35.2. The maximum atomic E-state index is 7.13. The van der Waals surface area contributed by atoms with Crippen molar-refractivity contribution in [2.24, 2.45) is 0 Å². The molecule has 21 heteroatoms. The Morgan fingerprint density at radius 3 is 0.671 bits per heavy atom. The average molecular weight is 1070 g/mol. The van der Waals surface area contributed by atoms with E-state index in [1.807, 2.05) is 82.6 Å². The van der Waals surface area contributed by atoms with Crippen LogP contribution in [0.2, 0.25) is 0 Å². The first kappa shape index (κ1) is 62.7. The molecular weight excluding hydrogens is 997 g/mol. The zero-order valence-electron chi connectivity index (χ0n) is 43.8. The van der Waals surface area contributed by atoms with Crippen molar-refractivity contribution < 1.29 is 17.1 Å². The monoisotopic (exact) mass is 1070 g/mol. The maximum absolute atomic E-state index is 7.13. The summed E-state index contributed by atoms with van der Waals surface area (Å²) in [6, 6.07) is 23.2. The van der Waals surface area contributed by atoms with Crippen LogP contribution in [0.1, 0.15) is 107 Å². The SMILES string of the molecule is CCCN(CCC)c1nc(N(CCC)CCC)nc(N(c2ccccn2)c2ccccn2)n1.CCCN(CCC)c1nc(N(CCC)CCC)nc(N(c2ccccn2)c2ccccn2)n1.[Fe+2].[N-]=C=S.[N-]=C=S. The smallest absolute Gasteiger partial charge is 0.753 e. The van der Waals surface area contributed by atoms with E-state index in [1.54, 1.807) is 24.8 Å². The predicted molar refractivity (Wildman–Crippen MR) is 303 cm³/mol. The molecule has 0 spiro atoms. The summed E-state index contributed by atoms with van der Waals surface area (Å²) in [5.41, 5.74) is 0. The predicted octanol–water partition coefficient (Wildman–Crippen LogP) is 12.1. The first-order valence-electron chi connectivity index (χ1n) is 25.0. The molecule has 0 bridgehead atoms. The zero-order valence-corrected chi connectivity index (χ0v) is 46.5. The van der Waals surface area contributed by atoms with Gasteiger partial charge >= 0.3 is 17.1 Å². The molecule has 73 heavy (non-hydrogen) atoms. The van der Waals surface area contributed by atoms with Crippen molar-refractivity contribution in [3.05, 3.63) is 108 Å². The Kier molecular flexibility index (Phi) is 32.0. The summed E-state index contributed by atoms with van der Waals surface area (Å²) >= 11 is 7.40. The summed E-state index contributed by atoms with van der Waals surface area (Å²) in [5, 5.41) is 16.9. The summed E-state index contributed by atoms with van der Waals surface area (Å²) < 4.78 is 0. The Morgan fingerprint density at radius 2 is 0.521 bits per heavy atom. The topological polar surface area (TPSA) is 193 Å². The van der Waals surface area contributed by atoms with E-state index in [-0.39, 0.29) is 17.1 Å². The van der Waals surface area contributed by atoms with Crippen LogP contribution in [0, 0.1) is 0 Å². The van der Waals surface area contributed by atoms with Gasteiger partial charge in [-0.05, 0) is 99.9 Å². The van der Waals surface area contributed by atoms with Crippen molar-refractivity contribution in [1.82, 2.24) is 49.8 Å². The van der Waals surface area contributed by atoms with Crippen LogP contribution in [-0.4, -0.2) is 113 Å². The van der Waals surface area contributed by atoms with Crippen LogP contribution >= 0.6 is 24.4 Å². The van der Waals surface area contributed by atoms with Gasteiger partial charge in [-0.2, -0.15) is 40.2 Å². The molecule has 0 saturated carbocycles. The fourth-order valence-electron chi connectivity index (χ4n) is 7.45. The van der Waals surface area contributed by atoms with Crippen LogP contribution in [0.15, 0.2) is 97.6 Å². The third-order valence-electron chi connectivity index (χ3n) is 10.2. The molecule has 0 aliphatic carbocycles. The second kappa shape index (κ2) is 37.3. The average Bonchev–Trinajstić information content (AvgIpc) is 3.40. The van der Waals surface area contributed by atoms with Crippen molar-refractivity contribution in [3.8, 4) is 0 Å². The third kappa shape index (κ3) is 20.5. The molecule has 6 heterocycles. The summed E-state index contributed by atoms with van der Waals surface area (Å²) in [6.45, 7) is 24.6. The molecule has 6 aromatic heterocycles. The van der Waals surface area contributed by atoms with Crippen molar-refractivity contribution in [2.45, 2.75) is 107 Å². The maximum Gasteiger partial charge on any atom is 2.00 e. The van der Waals surface area contributed by atoms with Crippen LogP contribution in [0.3, 0.4) is 0 Å². The standard InChI is InChI=1S/2C25H36N8.2CNS.Fe/c2*1-5-17-31(18-6-2)23-28-24(32(19-7-3)20-8-4)30-25(29-23)33(21-13-9-11-15-26-21)22-14-10-12-16-27-22;2*2-1-3;/h2*9-16H,5-8,17-20H2,1-4H3;;;/q;;2*-1;+2. The minimum Gasteiger partial charge on any atom is -0.753 e. The molecule has 0 aliphatic rings. The summed E-state index contributed by atoms with van der Waals surface area (Å²) in [6.07, 6.45) is 15.3. The number of thiocarbonyl (C=S) groups is 2. The normalized spacial score (nSPS) is 9.97. The van der Waals surface area contributed by atoms with Gasteiger partial charge in [0.05, 0.1) is 0 Å². The van der Waals surface area contributed by atoms with Gasteiger partial charge < -0.3 is 30.4 Å². The Balaban J connectivity index is 0.000000446. The first-order valence-corrected chi connectivity index (χ1v) is 25.9.